The predicted octanol–water partition coefficient (Wildman–Crippen LogP) is 0.942. The Labute approximate surface area is 71.2 Å². The third-order valence-corrected chi connectivity index (χ3v) is 6.44. The number of sulfone groups is 1. The number of alkyl halides is 2. The molecule has 1 aliphatic heterocycles. The lowest BCUT2D eigenvalue weighted by atomic mass is 10.4. The summed E-state index contributed by atoms with van der Waals surface area (Å²) in [6, 6.07) is 0. The van der Waals surface area contributed by atoms with Gasteiger partial charge in [0.15, 0.2) is 9.84 Å². The van der Waals surface area contributed by atoms with Gasteiger partial charge in [0, 0.05) is 9.65 Å². The zero-order chi connectivity index (χ0) is 7.07. The highest BCUT2D eigenvalue weighted by Crippen LogP contribution is 2.25. The minimum Gasteiger partial charge on any atom is -0.229 e. The Morgan fingerprint density at radius 1 is 1.11 bits per heavy atom. The van der Waals surface area contributed by atoms with Crippen LogP contribution in [0.5, 0.6) is 0 Å². The van der Waals surface area contributed by atoms with Crippen LogP contribution in [0, 0.1) is 0 Å². The quantitative estimate of drug-likeness (QED) is 0.618. The molecule has 0 N–H and O–H groups in total. The molecule has 5 heteroatoms. The first kappa shape index (κ1) is 8.01. The zero-order valence-electron chi connectivity index (χ0n) is 4.55. The Morgan fingerprint density at radius 2 is 1.44 bits per heavy atom. The van der Waals surface area contributed by atoms with E-state index in [1.54, 1.807) is 0 Å². The third kappa shape index (κ3) is 1.91. The van der Waals surface area contributed by atoms with Crippen molar-refractivity contribution in [3.8, 4) is 0 Å². The van der Waals surface area contributed by atoms with Gasteiger partial charge in [-0.1, -0.05) is 31.9 Å². The van der Waals surface area contributed by atoms with E-state index >= 15 is 0 Å². The van der Waals surface area contributed by atoms with Crippen molar-refractivity contribution >= 4 is 41.7 Å². The molecule has 0 spiro atoms. The molecular weight excluding hydrogens is 272 g/mol. The van der Waals surface area contributed by atoms with Gasteiger partial charge in [-0.25, -0.2) is 8.42 Å². The maximum Gasteiger partial charge on any atom is 0.152 e. The van der Waals surface area contributed by atoms with E-state index in [9.17, 15) is 8.42 Å². The van der Waals surface area contributed by atoms with Gasteiger partial charge >= 0.3 is 0 Å². The van der Waals surface area contributed by atoms with Crippen LogP contribution in [0.25, 0.3) is 0 Å². The van der Waals surface area contributed by atoms with Crippen LogP contribution in [0.2, 0.25) is 0 Å². The minimum atomic E-state index is -2.74. The summed E-state index contributed by atoms with van der Waals surface area (Å²) < 4.78 is 21.6. The van der Waals surface area contributed by atoms with Gasteiger partial charge in [0.1, 0.15) is 0 Å². The molecule has 0 aromatic heterocycles. The molecule has 0 aromatic rings. The van der Waals surface area contributed by atoms with Crippen molar-refractivity contribution in [2.75, 3.05) is 11.5 Å². The molecular formula is C4H6Br2O2S. The van der Waals surface area contributed by atoms with Crippen LogP contribution in [0.1, 0.15) is 0 Å². The Kier molecular flexibility index (Phi) is 2.23. The largest absolute Gasteiger partial charge is 0.229 e. The van der Waals surface area contributed by atoms with Crippen LogP contribution in [0.15, 0.2) is 0 Å². The third-order valence-electron chi connectivity index (χ3n) is 1.22. The van der Waals surface area contributed by atoms with E-state index in [4.69, 9.17) is 0 Å². The molecule has 0 unspecified atom stereocenters. The van der Waals surface area contributed by atoms with Crippen LogP contribution in [0.4, 0.5) is 0 Å². The van der Waals surface area contributed by atoms with E-state index in [0.717, 1.165) is 0 Å². The van der Waals surface area contributed by atoms with E-state index in [1.165, 1.54) is 0 Å². The van der Waals surface area contributed by atoms with Crippen LogP contribution in [-0.2, 0) is 9.84 Å². The van der Waals surface area contributed by atoms with E-state index in [1.807, 2.05) is 0 Å². The van der Waals surface area contributed by atoms with E-state index < -0.39 is 9.84 Å². The van der Waals surface area contributed by atoms with Gasteiger partial charge in [-0.15, -0.1) is 0 Å². The summed E-state index contributed by atoms with van der Waals surface area (Å²) in [5, 5.41) is 0. The van der Waals surface area contributed by atoms with Crippen molar-refractivity contribution in [3.63, 3.8) is 0 Å². The van der Waals surface area contributed by atoms with E-state index in [0.29, 0.717) is 0 Å². The SMILES string of the molecule is O=S1(=O)C[C@H](Br)[C@@H](Br)C1. The van der Waals surface area contributed by atoms with Crippen molar-refractivity contribution in [3.05, 3.63) is 0 Å². The fourth-order valence-corrected chi connectivity index (χ4v) is 5.62. The topological polar surface area (TPSA) is 34.1 Å². The van der Waals surface area contributed by atoms with Gasteiger partial charge in [-0.3, -0.25) is 0 Å². The molecule has 0 aliphatic carbocycles. The Bertz CT molecular complexity index is 183. The maximum atomic E-state index is 10.8. The minimum absolute atomic E-state index is 0.0995. The van der Waals surface area contributed by atoms with Gasteiger partial charge < -0.3 is 0 Å². The van der Waals surface area contributed by atoms with Crippen LogP contribution >= 0.6 is 31.9 Å². The van der Waals surface area contributed by atoms with Gasteiger partial charge in [0.2, 0.25) is 0 Å². The van der Waals surface area contributed by atoms with Crippen LogP contribution < -0.4 is 0 Å². The van der Waals surface area contributed by atoms with Crippen molar-refractivity contribution in [1.29, 1.82) is 0 Å². The molecule has 0 saturated carbocycles. The predicted molar refractivity (Wildman–Crippen MR) is 44.1 cm³/mol. The molecule has 1 rings (SSSR count). The van der Waals surface area contributed by atoms with Gasteiger partial charge in [-0.05, 0) is 0 Å². The standard InChI is InChI=1S/C4H6Br2O2S/c5-3-1-9(7,8)2-4(3)6/h3-4H,1-2H2/t3-,4-/m0/s1. The summed E-state index contributed by atoms with van der Waals surface area (Å²) in [6.07, 6.45) is 0. The lowest BCUT2D eigenvalue weighted by Crippen LogP contribution is -2.08. The fourth-order valence-electron chi connectivity index (χ4n) is 0.762. The van der Waals surface area contributed by atoms with Crippen molar-refractivity contribution < 1.29 is 8.42 Å². The summed E-state index contributed by atoms with van der Waals surface area (Å²) in [5.74, 6) is 0.534. The Morgan fingerprint density at radius 3 is 1.56 bits per heavy atom. The van der Waals surface area contributed by atoms with Crippen LogP contribution in [-0.4, -0.2) is 29.6 Å². The molecule has 0 amide bonds. The summed E-state index contributed by atoms with van der Waals surface area (Å²) in [7, 11) is -2.74. The van der Waals surface area contributed by atoms with Crippen molar-refractivity contribution in [2.24, 2.45) is 0 Å². The van der Waals surface area contributed by atoms with Gasteiger partial charge in [-0.2, -0.15) is 0 Å². The number of hydrogen-bond acceptors (Lipinski definition) is 2. The number of hydrogen-bond donors (Lipinski definition) is 0. The monoisotopic (exact) mass is 276 g/mol. The first-order valence-electron chi connectivity index (χ1n) is 2.50. The molecule has 1 heterocycles. The summed E-state index contributed by atoms with van der Waals surface area (Å²) >= 11 is 6.51. The van der Waals surface area contributed by atoms with Crippen LogP contribution in [0.3, 0.4) is 0 Å². The highest BCUT2D eigenvalue weighted by molar-refractivity contribution is 9.12. The van der Waals surface area contributed by atoms with E-state index in [-0.39, 0.29) is 21.2 Å². The molecule has 1 fully saturated rings. The maximum absolute atomic E-state index is 10.8. The summed E-state index contributed by atoms with van der Waals surface area (Å²) in [6.45, 7) is 0. The first-order valence-corrected chi connectivity index (χ1v) is 6.15. The molecule has 9 heavy (non-hydrogen) atoms. The normalized spacial score (nSPS) is 41.1. The van der Waals surface area contributed by atoms with Crippen molar-refractivity contribution in [1.82, 2.24) is 0 Å². The molecule has 0 radical (unpaired) electrons. The lowest BCUT2D eigenvalue weighted by Gasteiger charge is -1.98. The molecule has 0 bridgehead atoms. The average molecular weight is 278 g/mol. The Hall–Kier alpha value is 0.910. The fraction of sp³-hybridized carbons (Fsp3) is 1.00. The second-order valence-electron chi connectivity index (χ2n) is 2.11. The van der Waals surface area contributed by atoms with Gasteiger partial charge in [0.05, 0.1) is 11.5 Å². The summed E-state index contributed by atoms with van der Waals surface area (Å²) in [5.41, 5.74) is 0. The summed E-state index contributed by atoms with van der Waals surface area (Å²) in [4.78, 5) is 0.199. The lowest BCUT2D eigenvalue weighted by molar-refractivity contribution is 0.602. The molecule has 1 saturated heterocycles. The molecule has 1 aliphatic rings. The molecule has 2 nitrogen and oxygen atoms in total. The van der Waals surface area contributed by atoms with Gasteiger partial charge in [0.25, 0.3) is 0 Å². The second-order valence-corrected chi connectivity index (χ2v) is 6.61. The highest BCUT2D eigenvalue weighted by atomic mass is 79.9. The highest BCUT2D eigenvalue weighted by Gasteiger charge is 2.33. The number of rotatable bonds is 0. The average Bonchev–Trinajstić information content (AvgIpc) is 1.79. The molecule has 54 valence electrons. The smallest absolute Gasteiger partial charge is 0.152 e. The van der Waals surface area contributed by atoms with E-state index in [2.05, 4.69) is 31.9 Å². The second kappa shape index (κ2) is 2.51. The first-order chi connectivity index (χ1) is 4.01. The molecule has 0 aromatic carbocycles. The van der Waals surface area contributed by atoms with Crippen molar-refractivity contribution in [2.45, 2.75) is 9.65 Å². The Balaban J connectivity index is 2.77. The molecule has 2 atom stereocenters. The zero-order valence-corrected chi connectivity index (χ0v) is 8.54. The number of halogens is 2.